The Labute approximate surface area is 124 Å². The van der Waals surface area contributed by atoms with Crippen molar-refractivity contribution in [1.29, 1.82) is 0 Å². The summed E-state index contributed by atoms with van der Waals surface area (Å²) in [6.07, 6.45) is 1.32. The fourth-order valence-electron chi connectivity index (χ4n) is 3.05. The largest absolute Gasteiger partial charge is 0.381 e. The van der Waals surface area contributed by atoms with E-state index in [1.54, 1.807) is 6.07 Å². The molecule has 0 aliphatic carbocycles. The highest BCUT2D eigenvalue weighted by atomic mass is 19.2. The molecule has 1 atom stereocenters. The number of rotatable bonds is 6. The zero-order valence-corrected chi connectivity index (χ0v) is 12.6. The quantitative estimate of drug-likeness (QED) is 0.875. The van der Waals surface area contributed by atoms with Gasteiger partial charge in [-0.2, -0.15) is 0 Å². The van der Waals surface area contributed by atoms with Gasteiger partial charge in [0.2, 0.25) is 0 Å². The third-order valence-electron chi connectivity index (χ3n) is 4.00. The van der Waals surface area contributed by atoms with E-state index in [-0.39, 0.29) is 6.04 Å². The van der Waals surface area contributed by atoms with E-state index in [1.165, 1.54) is 6.07 Å². The number of hydrogen-bond donors (Lipinski definition) is 1. The minimum Gasteiger partial charge on any atom is -0.381 e. The molecule has 1 aromatic rings. The monoisotopic (exact) mass is 299 g/mol. The Morgan fingerprint density at radius 1 is 1.29 bits per heavy atom. The highest BCUT2D eigenvalue weighted by Crippen LogP contribution is 2.39. The molecule has 0 radical (unpaired) electrons. The molecule has 3 nitrogen and oxygen atoms in total. The van der Waals surface area contributed by atoms with Crippen molar-refractivity contribution in [3.63, 3.8) is 0 Å². The van der Waals surface area contributed by atoms with E-state index in [1.807, 2.05) is 13.8 Å². The van der Waals surface area contributed by atoms with Crippen LogP contribution in [-0.2, 0) is 9.47 Å². The van der Waals surface area contributed by atoms with E-state index in [0.717, 1.165) is 6.07 Å². The molecular formula is C16H23F2NO2. The summed E-state index contributed by atoms with van der Waals surface area (Å²) in [6.45, 7) is 6.18. The minimum atomic E-state index is -0.825. The van der Waals surface area contributed by atoms with E-state index < -0.39 is 17.2 Å². The number of likely N-dealkylation sites (N-methyl/N-ethyl adjacent to an activating group) is 1. The second-order valence-electron chi connectivity index (χ2n) is 5.24. The van der Waals surface area contributed by atoms with E-state index in [2.05, 4.69) is 5.32 Å². The maximum atomic E-state index is 14.2. The van der Waals surface area contributed by atoms with Gasteiger partial charge >= 0.3 is 0 Å². The van der Waals surface area contributed by atoms with Gasteiger partial charge in [-0.1, -0.05) is 19.1 Å². The van der Waals surface area contributed by atoms with Gasteiger partial charge in [-0.15, -0.1) is 0 Å². The molecule has 0 amide bonds. The second-order valence-corrected chi connectivity index (χ2v) is 5.24. The molecule has 0 saturated carbocycles. The van der Waals surface area contributed by atoms with E-state index in [9.17, 15) is 8.78 Å². The molecule has 21 heavy (non-hydrogen) atoms. The topological polar surface area (TPSA) is 30.5 Å². The lowest BCUT2D eigenvalue weighted by Gasteiger charge is -2.43. The van der Waals surface area contributed by atoms with Crippen LogP contribution < -0.4 is 5.32 Å². The van der Waals surface area contributed by atoms with Gasteiger partial charge in [0, 0.05) is 38.2 Å². The molecule has 1 unspecified atom stereocenters. The van der Waals surface area contributed by atoms with Crippen molar-refractivity contribution in [3.8, 4) is 0 Å². The number of benzene rings is 1. The number of ether oxygens (including phenoxy) is 2. The van der Waals surface area contributed by atoms with Crippen LogP contribution in [0, 0.1) is 11.6 Å². The predicted octanol–water partition coefficient (Wildman–Crippen LogP) is 3.20. The first-order valence-corrected chi connectivity index (χ1v) is 7.53. The van der Waals surface area contributed by atoms with Crippen molar-refractivity contribution in [2.24, 2.45) is 0 Å². The molecule has 0 bridgehead atoms. The smallest absolute Gasteiger partial charge is 0.163 e. The van der Waals surface area contributed by atoms with Crippen LogP contribution in [0.3, 0.4) is 0 Å². The van der Waals surface area contributed by atoms with Crippen molar-refractivity contribution in [3.05, 3.63) is 35.4 Å². The SMILES string of the molecule is CCNC(c1cccc(F)c1F)C1(OCC)CCOCC1. The van der Waals surface area contributed by atoms with Gasteiger partial charge in [-0.25, -0.2) is 8.78 Å². The predicted molar refractivity (Wildman–Crippen MR) is 77.2 cm³/mol. The Bertz CT molecular complexity index is 456. The number of halogens is 2. The minimum absolute atomic E-state index is 0.326. The third kappa shape index (κ3) is 3.42. The Morgan fingerprint density at radius 2 is 2.00 bits per heavy atom. The van der Waals surface area contributed by atoms with Gasteiger partial charge in [-0.05, 0) is 19.5 Å². The average Bonchev–Trinajstić information content (AvgIpc) is 2.49. The zero-order chi connectivity index (χ0) is 15.3. The van der Waals surface area contributed by atoms with Crippen molar-refractivity contribution in [2.45, 2.75) is 38.3 Å². The average molecular weight is 299 g/mol. The fraction of sp³-hybridized carbons (Fsp3) is 0.625. The van der Waals surface area contributed by atoms with E-state index >= 15 is 0 Å². The lowest BCUT2D eigenvalue weighted by atomic mass is 9.81. The molecule has 1 fully saturated rings. The lowest BCUT2D eigenvalue weighted by molar-refractivity contribution is -0.128. The molecule has 0 spiro atoms. The summed E-state index contributed by atoms with van der Waals surface area (Å²) in [5, 5.41) is 3.28. The Balaban J connectivity index is 2.41. The summed E-state index contributed by atoms with van der Waals surface area (Å²) in [4.78, 5) is 0. The van der Waals surface area contributed by atoms with Crippen molar-refractivity contribution < 1.29 is 18.3 Å². The third-order valence-corrected chi connectivity index (χ3v) is 4.00. The van der Waals surface area contributed by atoms with Gasteiger partial charge in [0.05, 0.1) is 11.6 Å². The first kappa shape index (κ1) is 16.3. The first-order valence-electron chi connectivity index (χ1n) is 7.53. The standard InChI is InChI=1S/C16H23F2NO2/c1-3-19-15(12-6-5-7-13(17)14(12)18)16(21-4-2)8-10-20-11-9-16/h5-7,15,19H,3-4,8-11H2,1-2H3. The maximum absolute atomic E-state index is 14.2. The summed E-state index contributed by atoms with van der Waals surface area (Å²) in [5.74, 6) is -1.62. The molecule has 1 heterocycles. The van der Waals surface area contributed by atoms with Gasteiger partial charge in [0.25, 0.3) is 0 Å². The molecule has 1 N–H and O–H groups in total. The van der Waals surface area contributed by atoms with Crippen molar-refractivity contribution in [2.75, 3.05) is 26.4 Å². The van der Waals surface area contributed by atoms with Crippen LogP contribution in [0.4, 0.5) is 8.78 Å². The molecule has 1 aliphatic heterocycles. The molecule has 1 aliphatic rings. The van der Waals surface area contributed by atoms with Crippen molar-refractivity contribution in [1.82, 2.24) is 5.32 Å². The Hall–Kier alpha value is -1.04. The highest BCUT2D eigenvalue weighted by Gasteiger charge is 2.43. The fourth-order valence-corrected chi connectivity index (χ4v) is 3.05. The number of nitrogens with one attached hydrogen (secondary N) is 1. The maximum Gasteiger partial charge on any atom is 0.163 e. The van der Waals surface area contributed by atoms with Gasteiger partial charge in [0.1, 0.15) is 0 Å². The van der Waals surface area contributed by atoms with Crippen LogP contribution in [0.15, 0.2) is 18.2 Å². The number of hydrogen-bond acceptors (Lipinski definition) is 3. The molecule has 1 saturated heterocycles. The Kier molecular flexibility index (Phi) is 5.67. The summed E-state index contributed by atoms with van der Waals surface area (Å²) in [7, 11) is 0. The summed E-state index contributed by atoms with van der Waals surface area (Å²) in [5.41, 5.74) is -0.232. The summed E-state index contributed by atoms with van der Waals surface area (Å²) < 4.78 is 39.2. The van der Waals surface area contributed by atoms with E-state index in [0.29, 0.717) is 44.8 Å². The van der Waals surface area contributed by atoms with Gasteiger partial charge in [-0.3, -0.25) is 0 Å². The Morgan fingerprint density at radius 3 is 2.62 bits per heavy atom. The molecular weight excluding hydrogens is 276 g/mol. The van der Waals surface area contributed by atoms with E-state index in [4.69, 9.17) is 9.47 Å². The van der Waals surface area contributed by atoms with Crippen LogP contribution in [0.5, 0.6) is 0 Å². The van der Waals surface area contributed by atoms with Crippen LogP contribution >= 0.6 is 0 Å². The lowest BCUT2D eigenvalue weighted by Crippen LogP contribution is -2.50. The van der Waals surface area contributed by atoms with Crippen molar-refractivity contribution >= 4 is 0 Å². The first-order chi connectivity index (χ1) is 10.1. The molecule has 5 heteroatoms. The second kappa shape index (κ2) is 7.29. The van der Waals surface area contributed by atoms with Crippen LogP contribution in [-0.4, -0.2) is 32.0 Å². The summed E-state index contributed by atoms with van der Waals surface area (Å²) >= 11 is 0. The molecule has 2 rings (SSSR count). The summed E-state index contributed by atoms with van der Waals surface area (Å²) in [6, 6.07) is 3.92. The van der Waals surface area contributed by atoms with Crippen LogP contribution in [0.25, 0.3) is 0 Å². The van der Waals surface area contributed by atoms with Gasteiger partial charge < -0.3 is 14.8 Å². The zero-order valence-electron chi connectivity index (χ0n) is 12.6. The highest BCUT2D eigenvalue weighted by molar-refractivity contribution is 5.26. The van der Waals surface area contributed by atoms with Crippen LogP contribution in [0.2, 0.25) is 0 Å². The molecule has 0 aromatic heterocycles. The van der Waals surface area contributed by atoms with Gasteiger partial charge in [0.15, 0.2) is 11.6 Å². The normalized spacial score (nSPS) is 19.4. The van der Waals surface area contributed by atoms with Crippen LogP contribution in [0.1, 0.15) is 38.3 Å². The molecule has 118 valence electrons. The molecule has 1 aromatic carbocycles.